The first-order chi connectivity index (χ1) is 8.66. The number of benzene rings is 1. The van der Waals surface area contributed by atoms with Gasteiger partial charge in [-0.05, 0) is 12.1 Å². The third-order valence-electron chi connectivity index (χ3n) is 2.11. The van der Waals surface area contributed by atoms with Crippen LogP contribution < -0.4 is 4.74 Å². The van der Waals surface area contributed by atoms with Gasteiger partial charge in [0, 0.05) is 7.11 Å². The first-order valence-electron chi connectivity index (χ1n) is 5.38. The average molecular weight is 275 g/mol. The van der Waals surface area contributed by atoms with Crippen molar-refractivity contribution < 1.29 is 24.1 Å². The maximum absolute atomic E-state index is 11.0. The molecule has 0 unspecified atom stereocenters. The molecule has 0 aliphatic rings. The minimum absolute atomic E-state index is 0.0314. The van der Waals surface area contributed by atoms with Gasteiger partial charge in [0.05, 0.1) is 24.8 Å². The van der Waals surface area contributed by atoms with Crippen molar-refractivity contribution in [3.8, 4) is 5.75 Å². The van der Waals surface area contributed by atoms with Gasteiger partial charge in [-0.15, -0.1) is 0 Å². The van der Waals surface area contributed by atoms with Gasteiger partial charge in [-0.25, -0.2) is 4.79 Å². The Morgan fingerprint density at radius 1 is 1.28 bits per heavy atom. The van der Waals surface area contributed by atoms with E-state index in [2.05, 4.69) is 0 Å². The number of rotatable bonds is 8. The summed E-state index contributed by atoms with van der Waals surface area (Å²) in [5, 5.41) is 9.16. The summed E-state index contributed by atoms with van der Waals surface area (Å²) in [5.74, 6) is -0.874. The predicted octanol–water partition coefficient (Wildman–Crippen LogP) is 2.08. The standard InChI is InChI=1S/C12H15ClO5/c1-16-5-6-17-7-8-18-10-4-2-3-9(13)11(10)12(14)15/h2-4H,5-8H2,1H3,(H,14,15). The van der Waals surface area contributed by atoms with E-state index in [9.17, 15) is 4.79 Å². The van der Waals surface area contributed by atoms with Gasteiger partial charge in [-0.1, -0.05) is 17.7 Å². The third kappa shape index (κ3) is 4.52. The smallest absolute Gasteiger partial charge is 0.341 e. The second-order valence-corrected chi connectivity index (χ2v) is 3.78. The Morgan fingerprint density at radius 2 is 2.00 bits per heavy atom. The van der Waals surface area contributed by atoms with Crippen molar-refractivity contribution in [3.05, 3.63) is 28.8 Å². The summed E-state index contributed by atoms with van der Waals surface area (Å²) < 4.78 is 15.3. The Morgan fingerprint density at radius 3 is 2.67 bits per heavy atom. The molecule has 0 aliphatic carbocycles. The number of halogens is 1. The van der Waals surface area contributed by atoms with Crippen molar-refractivity contribution in [1.82, 2.24) is 0 Å². The van der Waals surface area contributed by atoms with Crippen LogP contribution in [0.4, 0.5) is 0 Å². The zero-order chi connectivity index (χ0) is 13.4. The fourth-order valence-corrected chi connectivity index (χ4v) is 1.53. The Labute approximate surface area is 110 Å². The highest BCUT2D eigenvalue weighted by Crippen LogP contribution is 2.26. The van der Waals surface area contributed by atoms with Crippen LogP contribution in [0.25, 0.3) is 0 Å². The topological polar surface area (TPSA) is 65.0 Å². The van der Waals surface area contributed by atoms with Crippen LogP contribution >= 0.6 is 11.6 Å². The zero-order valence-corrected chi connectivity index (χ0v) is 10.8. The summed E-state index contributed by atoms with van der Waals surface area (Å²) in [6, 6.07) is 4.70. The highest BCUT2D eigenvalue weighted by atomic mass is 35.5. The molecular weight excluding hydrogens is 260 g/mol. The summed E-state index contributed by atoms with van der Waals surface area (Å²) in [6.45, 7) is 1.60. The van der Waals surface area contributed by atoms with Crippen molar-refractivity contribution >= 4 is 17.6 Å². The molecular formula is C12H15ClO5. The van der Waals surface area contributed by atoms with Crippen molar-refractivity contribution in [2.75, 3.05) is 33.5 Å². The second kappa shape index (κ2) is 7.92. The van der Waals surface area contributed by atoms with Gasteiger partial charge in [-0.3, -0.25) is 0 Å². The monoisotopic (exact) mass is 274 g/mol. The van der Waals surface area contributed by atoms with E-state index in [0.29, 0.717) is 19.8 Å². The number of aromatic carboxylic acids is 1. The van der Waals surface area contributed by atoms with Crippen LogP contribution in [0, 0.1) is 0 Å². The highest BCUT2D eigenvalue weighted by molar-refractivity contribution is 6.33. The quantitative estimate of drug-likeness (QED) is 0.735. The fraction of sp³-hybridized carbons (Fsp3) is 0.417. The molecule has 0 amide bonds. The van der Waals surface area contributed by atoms with Crippen LogP contribution in [0.5, 0.6) is 5.75 Å². The van der Waals surface area contributed by atoms with E-state index in [1.807, 2.05) is 0 Å². The van der Waals surface area contributed by atoms with Crippen molar-refractivity contribution in [2.24, 2.45) is 0 Å². The van der Waals surface area contributed by atoms with Gasteiger partial charge in [0.15, 0.2) is 0 Å². The molecule has 1 rings (SSSR count). The molecule has 1 N–H and O–H groups in total. The molecule has 18 heavy (non-hydrogen) atoms. The summed E-state index contributed by atoms with van der Waals surface area (Å²) in [7, 11) is 1.59. The lowest BCUT2D eigenvalue weighted by Crippen LogP contribution is -2.12. The van der Waals surface area contributed by atoms with E-state index in [1.165, 1.54) is 6.07 Å². The molecule has 0 fully saturated rings. The van der Waals surface area contributed by atoms with E-state index >= 15 is 0 Å². The lowest BCUT2D eigenvalue weighted by atomic mass is 10.2. The van der Waals surface area contributed by atoms with Gasteiger partial charge < -0.3 is 19.3 Å². The molecule has 5 nitrogen and oxygen atoms in total. The predicted molar refractivity (Wildman–Crippen MR) is 66.6 cm³/mol. The van der Waals surface area contributed by atoms with Gasteiger partial charge in [0.1, 0.15) is 17.9 Å². The Balaban J connectivity index is 2.47. The fourth-order valence-electron chi connectivity index (χ4n) is 1.29. The van der Waals surface area contributed by atoms with Gasteiger partial charge in [0.25, 0.3) is 0 Å². The van der Waals surface area contributed by atoms with Crippen molar-refractivity contribution in [1.29, 1.82) is 0 Å². The zero-order valence-electron chi connectivity index (χ0n) is 10.0. The first kappa shape index (κ1) is 14.8. The molecule has 0 aromatic heterocycles. The normalized spacial score (nSPS) is 10.3. The van der Waals surface area contributed by atoms with Gasteiger partial charge >= 0.3 is 5.97 Å². The maximum atomic E-state index is 11.0. The average Bonchev–Trinajstić information content (AvgIpc) is 2.33. The molecule has 0 atom stereocenters. The van der Waals surface area contributed by atoms with E-state index in [1.54, 1.807) is 19.2 Å². The van der Waals surface area contributed by atoms with Crippen LogP contribution in [0.1, 0.15) is 10.4 Å². The number of carboxylic acid groups (broad SMARTS) is 1. The lowest BCUT2D eigenvalue weighted by molar-refractivity contribution is 0.0535. The van der Waals surface area contributed by atoms with E-state index < -0.39 is 5.97 Å². The molecule has 0 heterocycles. The molecule has 1 aromatic rings. The molecule has 0 saturated carbocycles. The summed E-state index contributed by atoms with van der Waals surface area (Å²) in [6.07, 6.45) is 0. The maximum Gasteiger partial charge on any atom is 0.341 e. The molecule has 0 saturated heterocycles. The van der Waals surface area contributed by atoms with Crippen LogP contribution in [-0.4, -0.2) is 44.6 Å². The SMILES string of the molecule is COCCOCCOc1cccc(Cl)c1C(=O)O. The van der Waals surface area contributed by atoms with Gasteiger partial charge in [0.2, 0.25) is 0 Å². The summed E-state index contributed by atoms with van der Waals surface area (Å²) >= 11 is 5.80. The van der Waals surface area contributed by atoms with Crippen molar-refractivity contribution in [3.63, 3.8) is 0 Å². The number of hydrogen-bond donors (Lipinski definition) is 1. The summed E-state index contributed by atoms with van der Waals surface area (Å²) in [5.41, 5.74) is -0.0314. The van der Waals surface area contributed by atoms with E-state index in [0.717, 1.165) is 0 Å². The second-order valence-electron chi connectivity index (χ2n) is 3.37. The van der Waals surface area contributed by atoms with Crippen LogP contribution in [0.3, 0.4) is 0 Å². The Kier molecular flexibility index (Phi) is 6.49. The minimum Gasteiger partial charge on any atom is -0.490 e. The van der Waals surface area contributed by atoms with Crippen LogP contribution in [-0.2, 0) is 9.47 Å². The largest absolute Gasteiger partial charge is 0.490 e. The Hall–Kier alpha value is -1.30. The number of ether oxygens (including phenoxy) is 3. The molecule has 6 heteroatoms. The van der Waals surface area contributed by atoms with Crippen LogP contribution in [0.2, 0.25) is 5.02 Å². The molecule has 1 aromatic carbocycles. The molecule has 0 bridgehead atoms. The Bertz CT molecular complexity index is 394. The minimum atomic E-state index is -1.11. The highest BCUT2D eigenvalue weighted by Gasteiger charge is 2.15. The first-order valence-corrected chi connectivity index (χ1v) is 5.76. The van der Waals surface area contributed by atoms with E-state index in [4.69, 9.17) is 30.9 Å². The number of carbonyl (C=O) groups is 1. The summed E-state index contributed by atoms with van der Waals surface area (Å²) in [4.78, 5) is 11.0. The number of hydrogen-bond acceptors (Lipinski definition) is 4. The number of methoxy groups -OCH3 is 1. The van der Waals surface area contributed by atoms with Gasteiger partial charge in [-0.2, -0.15) is 0 Å². The lowest BCUT2D eigenvalue weighted by Gasteiger charge is -2.10. The van der Waals surface area contributed by atoms with Crippen LogP contribution in [0.15, 0.2) is 18.2 Å². The van der Waals surface area contributed by atoms with Crippen molar-refractivity contribution in [2.45, 2.75) is 0 Å². The third-order valence-corrected chi connectivity index (χ3v) is 2.42. The molecule has 0 radical (unpaired) electrons. The molecule has 100 valence electrons. The number of carboxylic acids is 1. The molecule has 0 aliphatic heterocycles. The van der Waals surface area contributed by atoms with E-state index in [-0.39, 0.29) is 22.9 Å². The molecule has 0 spiro atoms.